The van der Waals surface area contributed by atoms with Crippen molar-refractivity contribution in [2.24, 2.45) is 0 Å². The molecule has 1 aliphatic carbocycles. The maximum absolute atomic E-state index is 15.3. The average molecular weight is 1230 g/mol. The van der Waals surface area contributed by atoms with Gasteiger partial charge < -0.3 is 31.1 Å². The predicted molar refractivity (Wildman–Crippen MR) is 379 cm³/mol. The molecule has 0 saturated heterocycles. The maximum Gasteiger partial charge on any atom is 0.255 e. The zero-order valence-electron chi connectivity index (χ0n) is 52.4. The van der Waals surface area contributed by atoms with Gasteiger partial charge in [0.2, 0.25) is 0 Å². The van der Waals surface area contributed by atoms with E-state index in [4.69, 9.17) is 0 Å². The monoisotopic (exact) mass is 1230 g/mol. The van der Waals surface area contributed by atoms with Crippen molar-refractivity contribution in [3.63, 3.8) is 0 Å². The topological polar surface area (TPSA) is 139 Å². The number of phenolic OH excluding ortho intramolecular Hbond substituents is 4. The number of hydrogen-bond acceptors (Lipinski definition) is 6. The van der Waals surface area contributed by atoms with E-state index in [1.807, 2.05) is 184 Å². The minimum absolute atomic E-state index is 0.0545. The number of fused-ring (bicyclic) bond motifs is 3. The lowest BCUT2D eigenvalue weighted by molar-refractivity contribution is 0.101. The van der Waals surface area contributed by atoms with Crippen LogP contribution in [-0.2, 0) is 5.41 Å². The van der Waals surface area contributed by atoms with Crippen LogP contribution in [0.25, 0.3) is 33.4 Å². The second-order valence-corrected chi connectivity index (χ2v) is 23.4. The highest BCUT2D eigenvalue weighted by atomic mass is 16.3. The molecule has 95 heavy (non-hydrogen) atoms. The molecule has 454 valence electrons. The number of nitrogens with one attached hydrogen (secondary N) is 2. The van der Waals surface area contributed by atoms with Crippen LogP contribution in [0.15, 0.2) is 255 Å². The number of carbonyl (C=O) groups excluding carboxylic acids is 2. The van der Waals surface area contributed by atoms with Gasteiger partial charge in [0.15, 0.2) is 0 Å². The van der Waals surface area contributed by atoms with Gasteiger partial charge in [-0.05, 0) is 204 Å². The van der Waals surface area contributed by atoms with Gasteiger partial charge in [-0.3, -0.25) is 9.59 Å². The Bertz CT molecular complexity index is 5000. The van der Waals surface area contributed by atoms with Gasteiger partial charge in [-0.1, -0.05) is 193 Å². The fraction of sp³-hybridized carbons (Fsp3) is 0.0575. The highest BCUT2D eigenvalue weighted by Gasteiger charge is 2.49. The van der Waals surface area contributed by atoms with E-state index in [2.05, 4.69) is 82.3 Å². The van der Waals surface area contributed by atoms with Crippen LogP contribution in [0.3, 0.4) is 0 Å². The molecule has 8 nitrogen and oxygen atoms in total. The van der Waals surface area contributed by atoms with Gasteiger partial charge in [0.1, 0.15) is 23.0 Å². The largest absolute Gasteiger partial charge is 0.508 e. The summed E-state index contributed by atoms with van der Waals surface area (Å²) >= 11 is 0. The van der Waals surface area contributed by atoms with Gasteiger partial charge in [-0.15, -0.1) is 0 Å². The molecule has 6 N–H and O–H groups in total. The molecule has 13 rings (SSSR count). The Labute approximate surface area is 552 Å². The molecule has 0 aliphatic heterocycles. The maximum atomic E-state index is 15.3. The molecule has 0 fully saturated rings. The van der Waals surface area contributed by atoms with E-state index in [1.54, 1.807) is 74.5 Å². The van der Waals surface area contributed by atoms with Crippen molar-refractivity contribution in [2.45, 2.75) is 33.1 Å². The van der Waals surface area contributed by atoms with Crippen LogP contribution in [0.5, 0.6) is 23.0 Å². The summed E-state index contributed by atoms with van der Waals surface area (Å²) in [5.41, 5.74) is 12.3. The van der Waals surface area contributed by atoms with Crippen LogP contribution in [0.2, 0.25) is 0 Å². The molecule has 0 radical (unpaired) electrons. The summed E-state index contributed by atoms with van der Waals surface area (Å²) in [6.45, 7) is 7.21. The molecule has 0 aromatic heterocycles. The first-order chi connectivity index (χ1) is 46.2. The molecule has 0 saturated carbocycles. The van der Waals surface area contributed by atoms with Crippen molar-refractivity contribution in [1.82, 2.24) is 0 Å². The summed E-state index contributed by atoms with van der Waals surface area (Å²) < 4.78 is 0. The Morgan fingerprint density at radius 1 is 0.295 bits per heavy atom. The summed E-state index contributed by atoms with van der Waals surface area (Å²) in [4.78, 5) is 30.5. The minimum atomic E-state index is -1.42. The first kappa shape index (κ1) is 60.9. The molecule has 8 heteroatoms. The van der Waals surface area contributed by atoms with E-state index < -0.39 is 17.2 Å². The van der Waals surface area contributed by atoms with Crippen molar-refractivity contribution in [3.05, 3.63) is 355 Å². The number of aromatic hydroxyl groups is 4. The number of phenols is 4. The summed E-state index contributed by atoms with van der Waals surface area (Å²) in [6, 6.07) is 79.1. The first-order valence-corrected chi connectivity index (χ1v) is 31.0. The van der Waals surface area contributed by atoms with Gasteiger partial charge in [0.05, 0.1) is 27.9 Å². The molecular formula is C87H60N2O6. The Morgan fingerprint density at radius 3 is 0.979 bits per heavy atom. The fourth-order valence-electron chi connectivity index (χ4n) is 12.5. The SMILES string of the molecule is Cc1cc(C2(c3cc(C)c(O)cc3-c3cc(C)c(O)c(C#Cc4ccccc4)c3NC(=O)c3cccc(C#Cc4ccccc4)c3)c3ccccc3-c3ccccc32)c(-c2cc(C)c(O)c(C#Cc3ccccc3)c2NC(=O)c2cccc(C#Cc3ccccc3)c2)cc1O. The molecule has 0 heterocycles. The van der Waals surface area contributed by atoms with Crippen molar-refractivity contribution >= 4 is 23.2 Å². The fourth-order valence-corrected chi connectivity index (χ4v) is 12.5. The van der Waals surface area contributed by atoms with Crippen LogP contribution in [0.4, 0.5) is 11.4 Å². The van der Waals surface area contributed by atoms with Crippen LogP contribution >= 0.6 is 0 Å². The van der Waals surface area contributed by atoms with Gasteiger partial charge in [0.25, 0.3) is 11.8 Å². The lowest BCUT2D eigenvalue weighted by Gasteiger charge is -2.38. The molecule has 1 aliphatic rings. The number of rotatable bonds is 8. The third kappa shape index (κ3) is 12.0. The Hall–Kier alpha value is -13.0. The number of amides is 2. The predicted octanol–water partition coefficient (Wildman–Crippen LogP) is 17.5. The van der Waals surface area contributed by atoms with Gasteiger partial charge in [-0.25, -0.2) is 0 Å². The summed E-state index contributed by atoms with van der Waals surface area (Å²) in [6.07, 6.45) is 0. The second-order valence-electron chi connectivity index (χ2n) is 23.4. The molecule has 12 aromatic carbocycles. The lowest BCUT2D eigenvalue weighted by Crippen LogP contribution is -2.31. The quantitative estimate of drug-likeness (QED) is 0.0838. The number of aryl methyl sites for hydroxylation is 4. The zero-order chi connectivity index (χ0) is 65.7. The third-order valence-electron chi connectivity index (χ3n) is 17.2. The minimum Gasteiger partial charge on any atom is -0.508 e. The molecule has 0 spiro atoms. The highest BCUT2D eigenvalue weighted by molar-refractivity contribution is 6.10. The van der Waals surface area contributed by atoms with Crippen LogP contribution in [-0.4, -0.2) is 32.2 Å². The summed E-state index contributed by atoms with van der Waals surface area (Å²) in [5.74, 6) is 24.4. The van der Waals surface area contributed by atoms with E-state index in [-0.39, 0.29) is 56.6 Å². The van der Waals surface area contributed by atoms with Crippen molar-refractivity contribution in [1.29, 1.82) is 0 Å². The van der Waals surface area contributed by atoms with Crippen LogP contribution in [0.1, 0.15) is 110 Å². The highest BCUT2D eigenvalue weighted by Crippen LogP contribution is 2.61. The number of carbonyl (C=O) groups is 2. The smallest absolute Gasteiger partial charge is 0.255 e. The van der Waals surface area contributed by atoms with Crippen LogP contribution < -0.4 is 10.6 Å². The number of hydrogen-bond donors (Lipinski definition) is 6. The van der Waals surface area contributed by atoms with Gasteiger partial charge >= 0.3 is 0 Å². The van der Waals surface area contributed by atoms with E-state index in [0.717, 1.165) is 33.4 Å². The van der Waals surface area contributed by atoms with Crippen molar-refractivity contribution in [2.75, 3.05) is 10.6 Å². The zero-order valence-corrected chi connectivity index (χ0v) is 52.4. The van der Waals surface area contributed by atoms with Crippen molar-refractivity contribution in [3.8, 4) is 104 Å². The van der Waals surface area contributed by atoms with Gasteiger partial charge in [0, 0.05) is 55.6 Å². The van der Waals surface area contributed by atoms with Gasteiger partial charge in [-0.2, -0.15) is 0 Å². The Morgan fingerprint density at radius 2 is 0.611 bits per heavy atom. The van der Waals surface area contributed by atoms with E-state index in [1.165, 1.54) is 0 Å². The average Bonchev–Trinajstić information content (AvgIpc) is 1.61. The molecule has 0 bridgehead atoms. The first-order valence-electron chi connectivity index (χ1n) is 31.0. The number of anilines is 2. The Balaban J connectivity index is 1.09. The van der Waals surface area contributed by atoms with E-state index in [9.17, 15) is 20.4 Å². The third-order valence-corrected chi connectivity index (χ3v) is 17.2. The molecule has 0 atom stereocenters. The summed E-state index contributed by atoms with van der Waals surface area (Å²) in [5, 5.41) is 56.1. The molecule has 0 unspecified atom stereocenters. The Kier molecular flexibility index (Phi) is 16.7. The molecule has 2 amide bonds. The molecule has 12 aromatic rings. The number of benzene rings is 12. The lowest BCUT2D eigenvalue weighted by atomic mass is 9.63. The van der Waals surface area contributed by atoms with Crippen LogP contribution in [0, 0.1) is 75.1 Å². The van der Waals surface area contributed by atoms with E-state index in [0.29, 0.717) is 77.9 Å². The second kappa shape index (κ2) is 26.1. The standard InChI is InChI=1S/C87H60N2O6/c1-55-49-77(71(53-79(55)90)73-47-57(3)83(92)69(45-43-61-27-13-7-14-28-61)81(73)88-85(94)65-33-21-31-63(51-65)41-39-59-23-9-5-10-24-59)87(75-37-19-17-35-67(75)68-36-18-20-38-76(68)87)78-50-56(2)80(91)54-72(78)74-48-58(4)84(93)70(46-44-62-29-15-8-16-30-62)82(74)89-86(95)66-34-22-32-64(52-66)42-40-60-25-11-6-12-26-60/h5-38,47-54,90-93H,1-4H3,(H,88,94)(H,89,95). The van der Waals surface area contributed by atoms with Crippen molar-refractivity contribution < 1.29 is 30.0 Å². The normalized spacial score (nSPS) is 11.4. The van der Waals surface area contributed by atoms with E-state index >= 15 is 9.59 Å². The summed E-state index contributed by atoms with van der Waals surface area (Å²) in [7, 11) is 0. The molecular weight excluding hydrogens is 1170 g/mol.